The summed E-state index contributed by atoms with van der Waals surface area (Å²) in [7, 11) is 0. The molecule has 2 aliphatic carbocycles. The average molecular weight is 402 g/mol. The zero-order chi connectivity index (χ0) is 20.8. The van der Waals surface area contributed by atoms with Gasteiger partial charge in [-0.25, -0.2) is 0 Å². The zero-order valence-electron chi connectivity index (χ0n) is 17.4. The Kier molecular flexibility index (Phi) is 2.97. The molecule has 0 saturated carbocycles. The maximum absolute atomic E-state index is 2.34. The molecular weight excluding hydrogens is 384 g/mol. The van der Waals surface area contributed by atoms with Gasteiger partial charge in [0.15, 0.2) is 0 Å². The van der Waals surface area contributed by atoms with Crippen molar-refractivity contribution in [2.75, 3.05) is 0 Å². The van der Waals surface area contributed by atoms with E-state index in [1.54, 1.807) is 0 Å². The maximum Gasteiger partial charge on any atom is -0.00141 e. The summed E-state index contributed by atoms with van der Waals surface area (Å²) in [6, 6.07) is 40.4. The number of hydrogen-bond acceptors (Lipinski definition) is 0. The van der Waals surface area contributed by atoms with Crippen molar-refractivity contribution in [1.82, 2.24) is 0 Å². The molecule has 0 nitrogen and oxygen atoms in total. The van der Waals surface area contributed by atoms with Crippen LogP contribution in [0.15, 0.2) is 109 Å². The molecule has 6 aromatic rings. The second kappa shape index (κ2) is 5.75. The Hall–Kier alpha value is -4.16. The first-order valence-electron chi connectivity index (χ1n) is 11.2. The van der Waals surface area contributed by atoms with Gasteiger partial charge in [-0.1, -0.05) is 109 Å². The van der Waals surface area contributed by atoms with Crippen LogP contribution in [0.1, 0.15) is 0 Å². The Labute approximate surface area is 186 Å². The summed E-state index contributed by atoms with van der Waals surface area (Å²) in [6.45, 7) is 0. The van der Waals surface area contributed by atoms with Crippen LogP contribution in [0.2, 0.25) is 0 Å². The van der Waals surface area contributed by atoms with Gasteiger partial charge in [0.25, 0.3) is 0 Å². The highest BCUT2D eigenvalue weighted by atomic mass is 14.3. The quantitative estimate of drug-likeness (QED) is 0.257. The summed E-state index contributed by atoms with van der Waals surface area (Å²) >= 11 is 0. The molecule has 32 heavy (non-hydrogen) atoms. The van der Waals surface area contributed by atoms with Crippen LogP contribution in [-0.2, 0) is 0 Å². The summed E-state index contributed by atoms with van der Waals surface area (Å²) in [5, 5.41) is 5.41. The van der Waals surface area contributed by atoms with Gasteiger partial charge in [0.05, 0.1) is 0 Å². The Morgan fingerprint density at radius 1 is 0.250 bits per heavy atom. The Morgan fingerprint density at radius 2 is 0.656 bits per heavy atom. The van der Waals surface area contributed by atoms with E-state index in [-0.39, 0.29) is 0 Å². The molecule has 0 radical (unpaired) electrons. The van der Waals surface area contributed by atoms with Gasteiger partial charge in [0, 0.05) is 0 Å². The molecule has 0 spiro atoms. The highest BCUT2D eigenvalue weighted by Crippen LogP contribution is 2.55. The second-order valence-electron chi connectivity index (χ2n) is 8.87. The molecule has 0 N–H and O–H groups in total. The maximum atomic E-state index is 2.34. The smallest absolute Gasteiger partial charge is 0.00141 e. The standard InChI is InChI=1S/C32H18/c1-3-11-25-21(9-1)23-13-5-7-19-15-17-27(31(25)29(19)23)28-18-16-20-8-6-14-24-22-10-2-4-12-26(22)32(28)30(20)24/h1-18H. The van der Waals surface area contributed by atoms with Gasteiger partial charge in [-0.15, -0.1) is 0 Å². The van der Waals surface area contributed by atoms with Crippen LogP contribution in [0, 0.1) is 0 Å². The Bertz CT molecular complexity index is 1630. The molecule has 0 amide bonds. The summed E-state index contributed by atoms with van der Waals surface area (Å²) in [6.07, 6.45) is 0. The molecule has 6 aromatic carbocycles. The predicted molar refractivity (Wildman–Crippen MR) is 136 cm³/mol. The lowest BCUT2D eigenvalue weighted by Crippen LogP contribution is -1.88. The normalized spacial score (nSPS) is 12.4. The first-order valence-corrected chi connectivity index (χ1v) is 11.2. The van der Waals surface area contributed by atoms with Crippen molar-refractivity contribution in [3.05, 3.63) is 109 Å². The van der Waals surface area contributed by atoms with E-state index in [1.165, 1.54) is 77.2 Å². The van der Waals surface area contributed by atoms with Crippen molar-refractivity contribution in [3.63, 3.8) is 0 Å². The number of rotatable bonds is 1. The van der Waals surface area contributed by atoms with E-state index in [2.05, 4.69) is 109 Å². The van der Waals surface area contributed by atoms with E-state index < -0.39 is 0 Å². The fourth-order valence-electron chi connectivity index (χ4n) is 6.09. The second-order valence-corrected chi connectivity index (χ2v) is 8.87. The topological polar surface area (TPSA) is 0 Å². The highest BCUT2D eigenvalue weighted by molar-refractivity contribution is 6.23. The van der Waals surface area contributed by atoms with E-state index in [4.69, 9.17) is 0 Å². The molecule has 0 atom stereocenters. The van der Waals surface area contributed by atoms with Crippen LogP contribution in [0.5, 0.6) is 0 Å². The molecule has 0 unspecified atom stereocenters. The van der Waals surface area contributed by atoms with Crippen LogP contribution in [-0.4, -0.2) is 0 Å². The summed E-state index contributed by atoms with van der Waals surface area (Å²) in [5.74, 6) is 0. The predicted octanol–water partition coefficient (Wildman–Crippen LogP) is 8.95. The fourth-order valence-corrected chi connectivity index (χ4v) is 6.09. The van der Waals surface area contributed by atoms with Crippen molar-refractivity contribution < 1.29 is 0 Å². The average Bonchev–Trinajstić information content (AvgIpc) is 3.37. The molecule has 0 saturated heterocycles. The monoisotopic (exact) mass is 402 g/mol. The van der Waals surface area contributed by atoms with Crippen molar-refractivity contribution in [1.29, 1.82) is 0 Å². The summed E-state index contributed by atoms with van der Waals surface area (Å²) < 4.78 is 0. The molecule has 0 fully saturated rings. The Balaban J connectivity index is 1.56. The van der Waals surface area contributed by atoms with Gasteiger partial charge < -0.3 is 0 Å². The molecular formula is C32H18. The summed E-state index contributed by atoms with van der Waals surface area (Å²) in [5.41, 5.74) is 13.5. The molecule has 8 rings (SSSR count). The lowest BCUT2D eigenvalue weighted by Gasteiger charge is -2.15. The molecule has 0 heterocycles. The van der Waals surface area contributed by atoms with E-state index in [9.17, 15) is 0 Å². The third-order valence-corrected chi connectivity index (χ3v) is 7.35. The van der Waals surface area contributed by atoms with Crippen molar-refractivity contribution in [2.45, 2.75) is 0 Å². The molecule has 0 aliphatic heterocycles. The van der Waals surface area contributed by atoms with Crippen molar-refractivity contribution >= 4 is 21.5 Å². The molecule has 0 heteroatoms. The lowest BCUT2D eigenvalue weighted by atomic mass is 9.87. The minimum absolute atomic E-state index is 1.32. The first-order chi connectivity index (χ1) is 15.9. The minimum Gasteiger partial charge on any atom is -0.0616 e. The highest BCUT2D eigenvalue weighted by Gasteiger charge is 2.28. The Morgan fingerprint density at radius 3 is 1.12 bits per heavy atom. The fraction of sp³-hybridized carbons (Fsp3) is 0. The molecule has 0 aromatic heterocycles. The minimum atomic E-state index is 1.32. The van der Waals surface area contributed by atoms with Gasteiger partial charge in [-0.05, 0) is 77.2 Å². The van der Waals surface area contributed by atoms with Gasteiger partial charge in [0.1, 0.15) is 0 Å². The lowest BCUT2D eigenvalue weighted by molar-refractivity contribution is 1.65. The first kappa shape index (κ1) is 16.5. The molecule has 2 aliphatic rings. The van der Waals surface area contributed by atoms with Crippen LogP contribution < -0.4 is 0 Å². The van der Waals surface area contributed by atoms with E-state index >= 15 is 0 Å². The van der Waals surface area contributed by atoms with E-state index in [0.29, 0.717) is 0 Å². The molecule has 0 bridgehead atoms. The molecule has 146 valence electrons. The van der Waals surface area contributed by atoms with Crippen LogP contribution in [0.3, 0.4) is 0 Å². The zero-order valence-corrected chi connectivity index (χ0v) is 17.4. The third kappa shape index (κ3) is 1.89. The van der Waals surface area contributed by atoms with Gasteiger partial charge in [0.2, 0.25) is 0 Å². The third-order valence-electron chi connectivity index (χ3n) is 7.35. The SMILES string of the molecule is c1ccc2c(c1)-c1cccc3ccc(-c4ccc5cccc6c5c4-c4ccccc4-6)c-2c13. The largest absolute Gasteiger partial charge is 0.0616 e. The van der Waals surface area contributed by atoms with Crippen LogP contribution in [0.25, 0.3) is 77.2 Å². The van der Waals surface area contributed by atoms with Gasteiger partial charge >= 0.3 is 0 Å². The number of hydrogen-bond donors (Lipinski definition) is 0. The van der Waals surface area contributed by atoms with Crippen molar-refractivity contribution in [2.24, 2.45) is 0 Å². The van der Waals surface area contributed by atoms with Crippen molar-refractivity contribution in [3.8, 4) is 55.6 Å². The van der Waals surface area contributed by atoms with E-state index in [1.807, 2.05) is 0 Å². The van der Waals surface area contributed by atoms with Gasteiger partial charge in [-0.2, -0.15) is 0 Å². The summed E-state index contributed by atoms with van der Waals surface area (Å²) in [4.78, 5) is 0. The number of fused-ring (bicyclic) bond motifs is 6. The van der Waals surface area contributed by atoms with Crippen LogP contribution in [0.4, 0.5) is 0 Å². The van der Waals surface area contributed by atoms with Crippen LogP contribution >= 0.6 is 0 Å². The van der Waals surface area contributed by atoms with Gasteiger partial charge in [-0.3, -0.25) is 0 Å². The van der Waals surface area contributed by atoms with E-state index in [0.717, 1.165) is 0 Å². The number of benzene rings is 6.